The number of hydrogen-bond acceptors (Lipinski definition) is 7. The first-order valence-electron chi connectivity index (χ1n) is 7.27. The number of nitrogens with zero attached hydrogens (tertiary/aromatic N) is 3. The molecule has 1 saturated heterocycles. The number of ether oxygens (including phenoxy) is 1. The number of hydrogen-bond donors (Lipinski definition) is 1. The Hall–Kier alpha value is -1.34. The molecule has 1 aliphatic heterocycles. The number of rotatable bonds is 3. The Kier molecular flexibility index (Phi) is 4.73. The van der Waals surface area contributed by atoms with Crippen LogP contribution < -0.4 is 10.6 Å². The second-order valence-corrected chi connectivity index (χ2v) is 6.87. The van der Waals surface area contributed by atoms with Crippen molar-refractivity contribution in [3.63, 3.8) is 0 Å². The molecule has 6 nitrogen and oxygen atoms in total. The number of piperazine rings is 1. The molecule has 0 amide bonds. The molecule has 0 atom stereocenters. The van der Waals surface area contributed by atoms with Gasteiger partial charge in [-0.3, -0.25) is 4.90 Å². The number of esters is 1. The van der Waals surface area contributed by atoms with Crippen LogP contribution in [-0.4, -0.2) is 53.6 Å². The van der Waals surface area contributed by atoms with Crippen LogP contribution in [0, 0.1) is 0 Å². The van der Waals surface area contributed by atoms with Crippen molar-refractivity contribution in [2.45, 2.75) is 33.2 Å². The summed E-state index contributed by atoms with van der Waals surface area (Å²) in [6.07, 6.45) is 0. The monoisotopic (exact) mass is 312 g/mol. The number of aromatic nitrogens is 1. The van der Waals surface area contributed by atoms with E-state index in [1.807, 2.05) is 0 Å². The Morgan fingerprint density at radius 3 is 2.48 bits per heavy atom. The molecule has 1 aromatic rings. The fourth-order valence-corrected chi connectivity index (χ4v) is 3.34. The number of nitrogen functional groups attached to an aromatic ring is 1. The SMILES string of the molecule is CCOC(=O)c1c(N)nsc1N1CCN(C(C)(C)C)CC1. The van der Waals surface area contributed by atoms with E-state index in [-0.39, 0.29) is 17.3 Å². The smallest absolute Gasteiger partial charge is 0.345 e. The number of nitrogens with two attached hydrogens (primary N) is 1. The van der Waals surface area contributed by atoms with Crippen molar-refractivity contribution in [3.05, 3.63) is 5.56 Å². The lowest BCUT2D eigenvalue weighted by molar-refractivity contribution is 0.0528. The number of carbonyl (C=O) groups excluding carboxylic acids is 1. The predicted octanol–water partition coefficient (Wildman–Crippen LogP) is 1.82. The highest BCUT2D eigenvalue weighted by atomic mass is 32.1. The van der Waals surface area contributed by atoms with Gasteiger partial charge in [0, 0.05) is 31.7 Å². The van der Waals surface area contributed by atoms with Gasteiger partial charge in [0.2, 0.25) is 0 Å². The minimum atomic E-state index is -0.378. The molecule has 1 aromatic heterocycles. The minimum absolute atomic E-state index is 0.169. The maximum absolute atomic E-state index is 12.0. The molecule has 0 aromatic carbocycles. The van der Waals surface area contributed by atoms with Gasteiger partial charge < -0.3 is 15.4 Å². The van der Waals surface area contributed by atoms with Gasteiger partial charge in [0.1, 0.15) is 10.6 Å². The first kappa shape index (κ1) is 16.0. The third kappa shape index (κ3) is 3.47. The van der Waals surface area contributed by atoms with Gasteiger partial charge in [-0.25, -0.2) is 4.79 Å². The summed E-state index contributed by atoms with van der Waals surface area (Å²) in [5.74, 6) is -0.108. The van der Waals surface area contributed by atoms with Crippen LogP contribution in [0.1, 0.15) is 38.1 Å². The molecular weight excluding hydrogens is 288 g/mol. The lowest BCUT2D eigenvalue weighted by Crippen LogP contribution is -2.53. The first-order chi connectivity index (χ1) is 9.84. The molecule has 2 N–H and O–H groups in total. The van der Waals surface area contributed by atoms with E-state index in [4.69, 9.17) is 10.5 Å². The average molecular weight is 312 g/mol. The van der Waals surface area contributed by atoms with Crippen LogP contribution in [0.15, 0.2) is 0 Å². The van der Waals surface area contributed by atoms with Gasteiger partial charge in [-0.15, -0.1) is 0 Å². The third-order valence-corrected chi connectivity index (χ3v) is 4.62. The standard InChI is InChI=1S/C14H24N4O2S/c1-5-20-13(19)10-11(15)16-21-12(10)17-6-8-18(9-7-17)14(2,3)4/h5-9H2,1-4H3,(H2,15,16). The van der Waals surface area contributed by atoms with Crippen LogP contribution in [0.25, 0.3) is 0 Å². The van der Waals surface area contributed by atoms with Crippen LogP contribution in [-0.2, 0) is 4.74 Å². The zero-order valence-electron chi connectivity index (χ0n) is 13.2. The Bertz CT molecular complexity index is 502. The van der Waals surface area contributed by atoms with Gasteiger partial charge >= 0.3 is 5.97 Å². The highest BCUT2D eigenvalue weighted by Crippen LogP contribution is 2.32. The Morgan fingerprint density at radius 1 is 1.33 bits per heavy atom. The van der Waals surface area contributed by atoms with Crippen molar-refractivity contribution < 1.29 is 9.53 Å². The van der Waals surface area contributed by atoms with Gasteiger partial charge in [-0.05, 0) is 39.2 Å². The largest absolute Gasteiger partial charge is 0.462 e. The summed E-state index contributed by atoms with van der Waals surface area (Å²) in [6, 6.07) is 0. The molecule has 0 radical (unpaired) electrons. The summed E-state index contributed by atoms with van der Waals surface area (Å²) in [6.45, 7) is 12.4. The predicted molar refractivity (Wildman–Crippen MR) is 86.0 cm³/mol. The van der Waals surface area contributed by atoms with Crippen molar-refractivity contribution in [1.29, 1.82) is 0 Å². The summed E-state index contributed by atoms with van der Waals surface area (Å²) in [5.41, 5.74) is 6.43. The summed E-state index contributed by atoms with van der Waals surface area (Å²) >= 11 is 1.28. The zero-order valence-corrected chi connectivity index (χ0v) is 14.0. The molecule has 2 heterocycles. The fraction of sp³-hybridized carbons (Fsp3) is 0.714. The second-order valence-electron chi connectivity index (χ2n) is 6.11. The van der Waals surface area contributed by atoms with Gasteiger partial charge in [0.25, 0.3) is 0 Å². The van der Waals surface area contributed by atoms with E-state index in [1.54, 1.807) is 6.92 Å². The van der Waals surface area contributed by atoms with E-state index in [0.29, 0.717) is 12.2 Å². The molecule has 2 rings (SSSR count). The molecule has 0 unspecified atom stereocenters. The van der Waals surface area contributed by atoms with E-state index >= 15 is 0 Å². The molecule has 1 aliphatic rings. The summed E-state index contributed by atoms with van der Waals surface area (Å²) in [5, 5.41) is 0.833. The lowest BCUT2D eigenvalue weighted by Gasteiger charge is -2.42. The van der Waals surface area contributed by atoms with E-state index in [9.17, 15) is 4.79 Å². The number of carbonyl (C=O) groups is 1. The summed E-state index contributed by atoms with van der Waals surface area (Å²) in [4.78, 5) is 16.7. The Morgan fingerprint density at radius 2 is 1.95 bits per heavy atom. The lowest BCUT2D eigenvalue weighted by atomic mass is 10.0. The molecule has 1 fully saturated rings. The van der Waals surface area contributed by atoms with E-state index < -0.39 is 0 Å². The molecule has 0 spiro atoms. The fourth-order valence-electron chi connectivity index (χ4n) is 2.48. The van der Waals surface area contributed by atoms with Crippen LogP contribution in [0.2, 0.25) is 0 Å². The topological polar surface area (TPSA) is 71.7 Å². The molecule has 0 saturated carbocycles. The van der Waals surface area contributed by atoms with Gasteiger partial charge in [-0.1, -0.05) is 0 Å². The molecular formula is C14H24N4O2S. The van der Waals surface area contributed by atoms with Gasteiger partial charge in [-0.2, -0.15) is 4.37 Å². The third-order valence-electron chi connectivity index (χ3n) is 3.70. The van der Waals surface area contributed by atoms with Crippen LogP contribution >= 0.6 is 11.5 Å². The van der Waals surface area contributed by atoms with E-state index in [1.165, 1.54) is 11.5 Å². The average Bonchev–Trinajstić information content (AvgIpc) is 2.80. The Balaban J connectivity index is 2.12. The quantitative estimate of drug-likeness (QED) is 0.859. The zero-order chi connectivity index (χ0) is 15.6. The number of anilines is 2. The van der Waals surface area contributed by atoms with Crippen molar-refractivity contribution in [2.24, 2.45) is 0 Å². The summed E-state index contributed by atoms with van der Waals surface area (Å²) in [7, 11) is 0. The molecule has 7 heteroatoms. The van der Waals surface area contributed by atoms with Crippen molar-refractivity contribution in [1.82, 2.24) is 9.27 Å². The molecule has 0 bridgehead atoms. The molecule has 21 heavy (non-hydrogen) atoms. The van der Waals surface area contributed by atoms with Crippen molar-refractivity contribution >= 4 is 28.3 Å². The second kappa shape index (κ2) is 6.19. The highest BCUT2D eigenvalue weighted by Gasteiger charge is 2.30. The maximum atomic E-state index is 12.0. The first-order valence-corrected chi connectivity index (χ1v) is 8.04. The van der Waals surface area contributed by atoms with E-state index in [0.717, 1.165) is 31.2 Å². The van der Waals surface area contributed by atoms with Crippen LogP contribution in [0.3, 0.4) is 0 Å². The van der Waals surface area contributed by atoms with Crippen LogP contribution in [0.4, 0.5) is 10.8 Å². The maximum Gasteiger partial charge on any atom is 0.345 e. The minimum Gasteiger partial charge on any atom is -0.462 e. The molecule has 0 aliphatic carbocycles. The van der Waals surface area contributed by atoms with Crippen molar-refractivity contribution in [2.75, 3.05) is 43.4 Å². The highest BCUT2D eigenvalue weighted by molar-refractivity contribution is 7.11. The van der Waals surface area contributed by atoms with Crippen LogP contribution in [0.5, 0.6) is 0 Å². The van der Waals surface area contributed by atoms with Gasteiger partial charge in [0.05, 0.1) is 6.61 Å². The normalized spacial score (nSPS) is 17.0. The van der Waals surface area contributed by atoms with Gasteiger partial charge in [0.15, 0.2) is 5.82 Å². The van der Waals surface area contributed by atoms with E-state index in [2.05, 4.69) is 34.9 Å². The van der Waals surface area contributed by atoms with Crippen molar-refractivity contribution in [3.8, 4) is 0 Å². The molecule has 118 valence electrons. The summed E-state index contributed by atoms with van der Waals surface area (Å²) < 4.78 is 9.21. The Labute approximate surface area is 130 Å².